The molecule has 6 heteroatoms. The lowest BCUT2D eigenvalue weighted by Gasteiger charge is -2.19. The second kappa shape index (κ2) is 11.0. The van der Waals surface area contributed by atoms with Crippen LogP contribution in [0, 0.1) is 0 Å². The lowest BCUT2D eigenvalue weighted by molar-refractivity contribution is -0.154. The molecule has 0 unspecified atom stereocenters. The first-order valence-corrected chi connectivity index (χ1v) is 8.20. The Kier molecular flexibility index (Phi) is 9.91. The van der Waals surface area contributed by atoms with Gasteiger partial charge in [-0.25, -0.2) is 4.79 Å². The van der Waals surface area contributed by atoms with Gasteiger partial charge in [-0.05, 0) is 40.2 Å². The summed E-state index contributed by atoms with van der Waals surface area (Å²) in [6, 6.07) is 0. The molecule has 6 nitrogen and oxygen atoms in total. The van der Waals surface area contributed by atoms with E-state index in [0.717, 1.165) is 0 Å². The van der Waals surface area contributed by atoms with Crippen LogP contribution in [0.15, 0.2) is 41.3 Å². The van der Waals surface area contributed by atoms with Gasteiger partial charge in [-0.1, -0.05) is 25.2 Å². The maximum atomic E-state index is 11.8. The predicted octanol–water partition coefficient (Wildman–Crippen LogP) is 2.70. The molecular weight excluding hydrogens is 320 g/mol. The third-order valence-electron chi connectivity index (χ3n) is 2.83. The highest BCUT2D eigenvalue weighted by molar-refractivity contribution is 5.96. The monoisotopic (exact) mass is 348 g/mol. The molecule has 0 aromatic rings. The number of rotatable bonds is 9. The zero-order chi connectivity index (χ0) is 19.5. The lowest BCUT2D eigenvalue weighted by Crippen LogP contribution is -2.26. The first-order valence-electron chi connectivity index (χ1n) is 8.20. The Morgan fingerprint density at radius 3 is 2.32 bits per heavy atom. The van der Waals surface area contributed by atoms with Crippen LogP contribution in [0.4, 0.5) is 0 Å². The Balaban J connectivity index is 5.17. The molecule has 0 spiro atoms. The summed E-state index contributed by atoms with van der Waals surface area (Å²) in [5.74, 6) is 0.732. The smallest absolute Gasteiger partial charge is 0.306 e. The Morgan fingerprint density at radius 2 is 1.88 bits per heavy atom. The van der Waals surface area contributed by atoms with Gasteiger partial charge in [-0.2, -0.15) is 0 Å². The molecule has 0 saturated carbocycles. The molecule has 0 rings (SSSR count). The van der Waals surface area contributed by atoms with Gasteiger partial charge in [0.2, 0.25) is 0 Å². The summed E-state index contributed by atoms with van der Waals surface area (Å²) in [5, 5.41) is 2.86. The summed E-state index contributed by atoms with van der Waals surface area (Å²) < 4.78 is 5.20. The Hall–Kier alpha value is -2.59. The molecular formula is C19H28N2O4. The van der Waals surface area contributed by atoms with Crippen molar-refractivity contribution < 1.29 is 19.1 Å². The third-order valence-corrected chi connectivity index (χ3v) is 2.83. The van der Waals surface area contributed by atoms with Gasteiger partial charge in [0.1, 0.15) is 17.2 Å². The Morgan fingerprint density at radius 1 is 1.24 bits per heavy atom. The number of hydrogen-bond donors (Lipinski definition) is 2. The zero-order valence-corrected chi connectivity index (χ0v) is 15.6. The fraction of sp³-hybridized carbons (Fsp3) is 0.474. The third kappa shape index (κ3) is 9.99. The number of nitrogens with one attached hydrogen (secondary N) is 1. The highest BCUT2D eigenvalue weighted by Crippen LogP contribution is 2.14. The van der Waals surface area contributed by atoms with E-state index in [4.69, 9.17) is 10.5 Å². The molecule has 0 aromatic heterocycles. The van der Waals surface area contributed by atoms with E-state index in [0.29, 0.717) is 12.1 Å². The number of esters is 1. The highest BCUT2D eigenvalue weighted by Gasteiger charge is 2.17. The highest BCUT2D eigenvalue weighted by atomic mass is 16.6. The van der Waals surface area contributed by atoms with Crippen LogP contribution in [-0.4, -0.2) is 23.4 Å². The van der Waals surface area contributed by atoms with Crippen molar-refractivity contribution in [1.82, 2.24) is 5.32 Å². The van der Waals surface area contributed by atoms with Gasteiger partial charge >= 0.3 is 5.97 Å². The number of carbonyl (C=O) groups excluding carboxylic acids is 3. The fourth-order valence-electron chi connectivity index (χ4n) is 1.85. The summed E-state index contributed by atoms with van der Waals surface area (Å²) in [4.78, 5) is 34.6. The zero-order valence-electron chi connectivity index (χ0n) is 15.6. The van der Waals surface area contributed by atoms with Gasteiger partial charge in [-0.15, -0.1) is 0 Å². The molecule has 1 amide bonds. The minimum atomic E-state index is -0.623. The van der Waals surface area contributed by atoms with Gasteiger partial charge in [0.25, 0.3) is 5.91 Å². The molecule has 0 aliphatic rings. The minimum absolute atomic E-state index is 0.0265. The number of amides is 1. The second-order valence-corrected chi connectivity index (χ2v) is 6.29. The molecule has 0 aliphatic carbocycles. The second-order valence-electron chi connectivity index (χ2n) is 6.29. The molecule has 0 heterocycles. The number of nitrogens with two attached hydrogens (primary N) is 1. The maximum Gasteiger partial charge on any atom is 0.306 e. The van der Waals surface area contributed by atoms with Crippen LogP contribution in [0.5, 0.6) is 0 Å². The van der Waals surface area contributed by atoms with Gasteiger partial charge in [0.05, 0.1) is 12.0 Å². The van der Waals surface area contributed by atoms with Crippen LogP contribution in [0.25, 0.3) is 0 Å². The van der Waals surface area contributed by atoms with Crippen LogP contribution in [0.1, 0.15) is 53.9 Å². The van der Waals surface area contributed by atoms with E-state index in [1.165, 1.54) is 0 Å². The number of carbonyl (C=O) groups is 2. The SMILES string of the molecule is C\C=C/C=C(C(N)=O)\C(=C\CC)NC(=C=O)CCC(=O)OC(C)(C)C. The molecule has 0 radical (unpaired) electrons. The molecule has 25 heavy (non-hydrogen) atoms. The van der Waals surface area contributed by atoms with E-state index >= 15 is 0 Å². The van der Waals surface area contributed by atoms with Gasteiger partial charge in [-0.3, -0.25) is 9.59 Å². The van der Waals surface area contributed by atoms with Crippen molar-refractivity contribution in [3.05, 3.63) is 41.3 Å². The first-order chi connectivity index (χ1) is 11.6. The number of primary amides is 1. The maximum absolute atomic E-state index is 11.8. The summed E-state index contributed by atoms with van der Waals surface area (Å²) in [5.41, 5.74) is 5.63. The van der Waals surface area contributed by atoms with E-state index in [2.05, 4.69) is 5.32 Å². The van der Waals surface area contributed by atoms with Crippen LogP contribution in [0.3, 0.4) is 0 Å². The van der Waals surface area contributed by atoms with Crippen LogP contribution in [0.2, 0.25) is 0 Å². The van der Waals surface area contributed by atoms with Crippen molar-refractivity contribution in [1.29, 1.82) is 0 Å². The number of hydrogen-bond acceptors (Lipinski definition) is 5. The largest absolute Gasteiger partial charge is 0.460 e. The van der Waals surface area contributed by atoms with E-state index in [-0.39, 0.29) is 24.1 Å². The van der Waals surface area contributed by atoms with Gasteiger partial charge in [0.15, 0.2) is 0 Å². The Labute approximate surface area is 149 Å². The molecule has 0 fully saturated rings. The van der Waals surface area contributed by atoms with Crippen molar-refractivity contribution in [2.75, 3.05) is 0 Å². The summed E-state index contributed by atoms with van der Waals surface area (Å²) >= 11 is 0. The predicted molar refractivity (Wildman–Crippen MR) is 97.9 cm³/mol. The molecule has 0 bridgehead atoms. The molecule has 3 N–H and O–H groups in total. The number of ether oxygens (including phenoxy) is 1. The van der Waals surface area contributed by atoms with Crippen molar-refractivity contribution >= 4 is 17.8 Å². The van der Waals surface area contributed by atoms with Crippen LogP contribution in [-0.2, 0) is 19.1 Å². The topological polar surface area (TPSA) is 98.5 Å². The van der Waals surface area contributed by atoms with E-state index in [1.54, 1.807) is 51.0 Å². The van der Waals surface area contributed by atoms with Crippen molar-refractivity contribution in [3.8, 4) is 0 Å². The van der Waals surface area contributed by atoms with E-state index in [9.17, 15) is 14.4 Å². The minimum Gasteiger partial charge on any atom is -0.460 e. The van der Waals surface area contributed by atoms with Crippen LogP contribution >= 0.6 is 0 Å². The van der Waals surface area contributed by atoms with E-state index in [1.807, 2.05) is 13.8 Å². The Bertz CT molecular complexity index is 616. The van der Waals surface area contributed by atoms with Crippen molar-refractivity contribution in [2.45, 2.75) is 59.5 Å². The number of allylic oxidation sites excluding steroid dienone is 5. The van der Waals surface area contributed by atoms with Gasteiger partial charge in [0, 0.05) is 12.1 Å². The normalized spacial score (nSPS) is 12.7. The lowest BCUT2D eigenvalue weighted by atomic mass is 10.1. The summed E-state index contributed by atoms with van der Waals surface area (Å²) in [6.45, 7) is 9.01. The van der Waals surface area contributed by atoms with Crippen molar-refractivity contribution in [2.24, 2.45) is 5.73 Å². The average molecular weight is 348 g/mol. The molecule has 0 aromatic carbocycles. The van der Waals surface area contributed by atoms with E-state index < -0.39 is 17.5 Å². The van der Waals surface area contributed by atoms with Crippen LogP contribution < -0.4 is 11.1 Å². The summed E-state index contributed by atoms with van der Waals surface area (Å²) in [7, 11) is 0. The summed E-state index contributed by atoms with van der Waals surface area (Å²) in [6.07, 6.45) is 7.51. The standard InChI is InChI=1S/C19H28N2O4/c1-6-8-10-15(18(20)24)16(9-7-2)21-14(13-22)11-12-17(23)25-19(3,4)5/h6,8-10,21H,7,11-12H2,1-5H3,(H2,20,24)/b8-6-,15-10+,16-9-. The average Bonchev–Trinajstić information content (AvgIpc) is 2.49. The molecule has 0 aliphatic heterocycles. The first kappa shape index (κ1) is 22.4. The quantitative estimate of drug-likeness (QED) is 0.289. The van der Waals surface area contributed by atoms with Crippen molar-refractivity contribution in [3.63, 3.8) is 0 Å². The molecule has 0 saturated heterocycles. The van der Waals surface area contributed by atoms with Gasteiger partial charge < -0.3 is 15.8 Å². The molecule has 0 atom stereocenters. The fourth-order valence-corrected chi connectivity index (χ4v) is 1.85. The molecule has 138 valence electrons.